The number of ether oxygens (including phenoxy) is 1. The molecule has 2 heterocycles. The lowest BCUT2D eigenvalue weighted by atomic mass is 9.91. The average Bonchev–Trinajstić information content (AvgIpc) is 3.11. The fourth-order valence-corrected chi connectivity index (χ4v) is 3.60. The number of halogens is 1. The number of hydrogen-bond acceptors (Lipinski definition) is 9. The highest BCUT2D eigenvalue weighted by Crippen LogP contribution is 2.31. The van der Waals surface area contributed by atoms with Gasteiger partial charge in [-0.15, -0.1) is 0 Å². The topological polar surface area (TPSA) is 178 Å². The number of Topliss-reactive ketones (excluding diaryl/α,β-unsaturated/α-hetero) is 1. The zero-order valence-electron chi connectivity index (χ0n) is 21.5. The summed E-state index contributed by atoms with van der Waals surface area (Å²) >= 11 is 6.46. The van der Waals surface area contributed by atoms with E-state index in [0.29, 0.717) is 12.4 Å². The number of aliphatic hydroxyl groups is 2. The van der Waals surface area contributed by atoms with Crippen LogP contribution in [0.3, 0.4) is 0 Å². The van der Waals surface area contributed by atoms with E-state index < -0.39 is 29.6 Å². The van der Waals surface area contributed by atoms with Crippen molar-refractivity contribution in [2.75, 3.05) is 25.0 Å². The smallest absolute Gasteiger partial charge is 0.335 e. The van der Waals surface area contributed by atoms with Crippen molar-refractivity contribution in [3.05, 3.63) is 52.2 Å². The van der Waals surface area contributed by atoms with Crippen LogP contribution in [0.4, 0.5) is 5.69 Å². The molecular weight excluding hydrogens is 518 g/mol. The number of nitrogens with one attached hydrogen (secondary N) is 2. The Hall–Kier alpha value is -3.25. The van der Waals surface area contributed by atoms with E-state index in [9.17, 15) is 14.4 Å². The Labute approximate surface area is 225 Å². The molecule has 0 fully saturated rings. The van der Waals surface area contributed by atoms with Gasteiger partial charge in [0.05, 0.1) is 10.7 Å². The van der Waals surface area contributed by atoms with E-state index >= 15 is 0 Å². The number of carbonyl (C=O) groups is 3. The summed E-state index contributed by atoms with van der Waals surface area (Å²) in [5, 5.41) is 40.2. The van der Waals surface area contributed by atoms with Crippen molar-refractivity contribution < 1.29 is 39.5 Å². The number of carboxylic acid groups (broad SMARTS) is 2. The molecule has 11 nitrogen and oxygen atoms in total. The normalized spacial score (nSPS) is 14.6. The van der Waals surface area contributed by atoms with E-state index in [0.717, 1.165) is 42.2 Å². The number of rotatable bonds is 9. The Kier molecular flexibility index (Phi) is 11.5. The quantitative estimate of drug-likeness (QED) is 0.268. The van der Waals surface area contributed by atoms with Gasteiger partial charge in [-0.3, -0.25) is 4.79 Å². The highest BCUT2D eigenvalue weighted by Gasteiger charge is 2.29. The summed E-state index contributed by atoms with van der Waals surface area (Å²) < 4.78 is 5.51. The Morgan fingerprint density at radius 1 is 1.05 bits per heavy atom. The molecule has 0 radical (unpaired) electrons. The van der Waals surface area contributed by atoms with E-state index in [4.69, 9.17) is 36.8 Å². The molecule has 0 bridgehead atoms. The van der Waals surface area contributed by atoms with Crippen LogP contribution in [0.15, 0.2) is 30.5 Å². The highest BCUT2D eigenvalue weighted by atomic mass is 35.5. The fourth-order valence-electron chi connectivity index (χ4n) is 3.35. The number of aromatic nitrogens is 1. The van der Waals surface area contributed by atoms with Crippen LogP contribution >= 0.6 is 11.6 Å². The van der Waals surface area contributed by atoms with Gasteiger partial charge in [-0.25, -0.2) is 14.6 Å². The summed E-state index contributed by atoms with van der Waals surface area (Å²) in [6, 6.07) is 7.84. The molecule has 2 aromatic rings. The number of aliphatic hydroxyl groups excluding tert-OH is 2. The predicted octanol–water partition coefficient (Wildman–Crippen LogP) is 1.91. The molecule has 3 rings (SSSR count). The Morgan fingerprint density at radius 3 is 2.24 bits per heavy atom. The first-order valence-electron chi connectivity index (χ1n) is 12.0. The minimum atomic E-state index is -2.27. The van der Waals surface area contributed by atoms with Crippen molar-refractivity contribution in [3.63, 3.8) is 0 Å². The number of benzene rings is 1. The van der Waals surface area contributed by atoms with Crippen molar-refractivity contribution in [2.45, 2.75) is 52.4 Å². The Morgan fingerprint density at radius 2 is 1.68 bits per heavy atom. The van der Waals surface area contributed by atoms with E-state index in [1.807, 2.05) is 32.9 Å². The Balaban J connectivity index is 0.000000432. The molecule has 0 spiro atoms. The minimum absolute atomic E-state index is 0.0356. The summed E-state index contributed by atoms with van der Waals surface area (Å²) in [6.07, 6.45) is -0.788. The van der Waals surface area contributed by atoms with Crippen molar-refractivity contribution in [3.8, 4) is 5.88 Å². The minimum Gasteiger partial charge on any atom is -0.479 e. The number of aliphatic carboxylic acids is 2. The predicted molar refractivity (Wildman–Crippen MR) is 141 cm³/mol. The summed E-state index contributed by atoms with van der Waals surface area (Å²) in [5.74, 6) is -3.03. The van der Waals surface area contributed by atoms with Crippen LogP contribution in [0, 0.1) is 5.41 Å². The summed E-state index contributed by atoms with van der Waals surface area (Å²) in [4.78, 5) is 35.8. The van der Waals surface area contributed by atoms with Gasteiger partial charge in [0.25, 0.3) is 0 Å². The van der Waals surface area contributed by atoms with Gasteiger partial charge in [-0.2, -0.15) is 0 Å². The molecule has 1 aromatic heterocycles. The number of hydrogen-bond donors (Lipinski definition) is 6. The number of ketones is 1. The van der Waals surface area contributed by atoms with E-state index in [1.165, 1.54) is 11.1 Å². The van der Waals surface area contributed by atoms with Crippen molar-refractivity contribution >= 4 is 35.0 Å². The molecule has 38 heavy (non-hydrogen) atoms. The molecule has 0 saturated carbocycles. The third kappa shape index (κ3) is 9.25. The molecule has 6 N–H and O–H groups in total. The lowest BCUT2D eigenvalue weighted by molar-refractivity contribution is -0.165. The number of carbonyl (C=O) groups excluding carboxylic acids is 1. The molecule has 1 aliphatic heterocycles. The van der Waals surface area contributed by atoms with Crippen molar-refractivity contribution in [2.24, 2.45) is 5.41 Å². The van der Waals surface area contributed by atoms with Crippen LogP contribution < -0.4 is 15.4 Å². The zero-order valence-corrected chi connectivity index (χ0v) is 22.3. The van der Waals surface area contributed by atoms with Gasteiger partial charge in [-0.05, 0) is 48.7 Å². The Bertz CT molecular complexity index is 1100. The number of anilines is 1. The molecule has 0 amide bonds. The van der Waals surface area contributed by atoms with E-state index in [1.54, 1.807) is 12.3 Å². The van der Waals surface area contributed by atoms with Gasteiger partial charge >= 0.3 is 11.9 Å². The maximum Gasteiger partial charge on any atom is 0.335 e. The van der Waals surface area contributed by atoms with Gasteiger partial charge in [0.15, 0.2) is 18.0 Å². The van der Waals surface area contributed by atoms with Crippen LogP contribution in [0.25, 0.3) is 0 Å². The lowest BCUT2D eigenvalue weighted by Crippen LogP contribution is -2.39. The van der Waals surface area contributed by atoms with E-state index in [2.05, 4.69) is 21.7 Å². The summed E-state index contributed by atoms with van der Waals surface area (Å²) in [5.41, 5.74) is 4.27. The first kappa shape index (κ1) is 31.0. The molecule has 1 aromatic carbocycles. The maximum atomic E-state index is 12.0. The third-order valence-corrected chi connectivity index (χ3v) is 6.06. The summed E-state index contributed by atoms with van der Waals surface area (Å²) in [7, 11) is 0. The standard InChI is InChI=1S/C22H28ClN3O2.C4H6O6/c1-22(2,3)19(27)14-28-20-7-4-15(12-25-20)13-26-21-17-9-11-24-10-8-16(17)5-6-18(21)23;5-1(3(7)8)2(6)4(9)10/h4-7,12,24,26H,8-11,13-14H2,1-3H3;1-2,5-6H,(H,7,8)(H,9,10)/t;1-,2-/m.1/s1. The maximum absolute atomic E-state index is 12.0. The largest absolute Gasteiger partial charge is 0.479 e. The molecule has 0 aliphatic carbocycles. The third-order valence-electron chi connectivity index (χ3n) is 5.74. The second-order valence-corrected chi connectivity index (χ2v) is 10.1. The number of fused-ring (bicyclic) bond motifs is 1. The molecule has 208 valence electrons. The van der Waals surface area contributed by atoms with Crippen LogP contribution in [-0.4, -0.2) is 75.0 Å². The van der Waals surface area contributed by atoms with Crippen molar-refractivity contribution in [1.29, 1.82) is 0 Å². The van der Waals surface area contributed by atoms with Crippen molar-refractivity contribution in [1.82, 2.24) is 10.3 Å². The average molecular weight is 552 g/mol. The first-order chi connectivity index (χ1) is 17.8. The monoisotopic (exact) mass is 551 g/mol. The number of carboxylic acids is 2. The van der Waals surface area contributed by atoms with Gasteiger partial charge in [-0.1, -0.05) is 44.5 Å². The van der Waals surface area contributed by atoms with Crippen LogP contribution in [0.1, 0.15) is 37.5 Å². The molecule has 0 unspecified atom stereocenters. The van der Waals surface area contributed by atoms with Gasteiger partial charge in [0.2, 0.25) is 5.88 Å². The van der Waals surface area contributed by atoms with Gasteiger partial charge in [0, 0.05) is 24.2 Å². The highest BCUT2D eigenvalue weighted by molar-refractivity contribution is 6.33. The van der Waals surface area contributed by atoms with Gasteiger partial charge in [0.1, 0.15) is 6.61 Å². The molecular formula is C26H34ClN3O8. The SMILES string of the molecule is CC(C)(C)C(=O)COc1ccc(CNc2c(Cl)ccc3c2CCNCC3)cn1.O=C(O)[C@H](O)[C@@H](O)C(=O)O. The van der Waals surface area contributed by atoms with E-state index in [-0.39, 0.29) is 12.4 Å². The number of pyridine rings is 1. The summed E-state index contributed by atoms with van der Waals surface area (Å²) in [6.45, 7) is 8.26. The van der Waals surface area contributed by atoms with Crippen LogP contribution in [0.2, 0.25) is 5.02 Å². The van der Waals surface area contributed by atoms with Crippen LogP contribution in [-0.2, 0) is 33.8 Å². The zero-order chi connectivity index (χ0) is 28.5. The number of nitrogens with zero attached hydrogens (tertiary/aromatic N) is 1. The molecule has 2 atom stereocenters. The van der Waals surface area contributed by atoms with Crippen LogP contribution in [0.5, 0.6) is 5.88 Å². The fraction of sp³-hybridized carbons (Fsp3) is 0.462. The molecule has 0 saturated heterocycles. The second kappa shape index (κ2) is 14.1. The first-order valence-corrected chi connectivity index (χ1v) is 12.4. The van der Waals surface area contributed by atoms with Gasteiger partial charge < -0.3 is 35.8 Å². The lowest BCUT2D eigenvalue weighted by Gasteiger charge is -2.17. The molecule has 1 aliphatic rings. The molecule has 12 heteroatoms. The second-order valence-electron chi connectivity index (χ2n) is 9.70.